The van der Waals surface area contributed by atoms with E-state index in [1.807, 2.05) is 23.3 Å². The van der Waals surface area contributed by atoms with E-state index in [1.165, 1.54) is 12.1 Å². The molecule has 4 heterocycles. The summed E-state index contributed by atoms with van der Waals surface area (Å²) in [5.41, 5.74) is 5.03. The summed E-state index contributed by atoms with van der Waals surface area (Å²) in [6, 6.07) is 0. The van der Waals surface area contributed by atoms with Gasteiger partial charge in [0.25, 0.3) is 0 Å². The molecular formula is C17H20N6S. The van der Waals surface area contributed by atoms with Crippen LogP contribution in [-0.2, 0) is 20.0 Å². The minimum atomic E-state index is 0.611. The van der Waals surface area contributed by atoms with Crippen LogP contribution in [0.25, 0.3) is 11.5 Å². The van der Waals surface area contributed by atoms with Gasteiger partial charge in [0.15, 0.2) is 5.82 Å². The Bertz CT molecular complexity index is 797. The van der Waals surface area contributed by atoms with Gasteiger partial charge in [0, 0.05) is 50.3 Å². The molecule has 1 fully saturated rings. The molecule has 0 bridgehead atoms. The standard InChI is InChI=1S/C17H20N6S/c1-22-7-5-20-17(22)16-15(18-3-4-19-16)8-13-2-6-23(9-13)10-14-11-24-12-21-14/h3-5,7,11-13H,2,6,8-10H2,1H3/t13-/m1/s1. The van der Waals surface area contributed by atoms with Crippen molar-refractivity contribution >= 4 is 11.3 Å². The quantitative estimate of drug-likeness (QED) is 0.714. The summed E-state index contributed by atoms with van der Waals surface area (Å²) >= 11 is 1.66. The molecule has 0 unspecified atom stereocenters. The smallest absolute Gasteiger partial charge is 0.160 e. The number of hydrogen-bond acceptors (Lipinski definition) is 6. The summed E-state index contributed by atoms with van der Waals surface area (Å²) in [6.45, 7) is 3.17. The van der Waals surface area contributed by atoms with Gasteiger partial charge in [0.2, 0.25) is 0 Å². The molecular weight excluding hydrogens is 320 g/mol. The first-order chi connectivity index (χ1) is 11.8. The van der Waals surface area contributed by atoms with Crippen molar-refractivity contribution in [3.63, 3.8) is 0 Å². The summed E-state index contributed by atoms with van der Waals surface area (Å²) in [5, 5.41) is 2.13. The molecule has 7 heteroatoms. The zero-order valence-corrected chi connectivity index (χ0v) is 14.5. The number of hydrogen-bond donors (Lipinski definition) is 0. The number of nitrogens with zero attached hydrogens (tertiary/aromatic N) is 6. The van der Waals surface area contributed by atoms with Gasteiger partial charge in [-0.2, -0.15) is 0 Å². The van der Waals surface area contributed by atoms with Crippen LogP contribution in [0.2, 0.25) is 0 Å². The highest BCUT2D eigenvalue weighted by atomic mass is 32.1. The van der Waals surface area contributed by atoms with Crippen molar-refractivity contribution in [3.05, 3.63) is 47.1 Å². The Morgan fingerprint density at radius 2 is 2.08 bits per heavy atom. The van der Waals surface area contributed by atoms with E-state index in [0.29, 0.717) is 5.92 Å². The average Bonchev–Trinajstić information content (AvgIpc) is 3.32. The third-order valence-corrected chi connectivity index (χ3v) is 5.16. The normalized spacial score (nSPS) is 18.3. The fourth-order valence-electron chi connectivity index (χ4n) is 3.34. The molecule has 1 saturated heterocycles. The average molecular weight is 340 g/mol. The highest BCUT2D eigenvalue weighted by Gasteiger charge is 2.25. The summed E-state index contributed by atoms with van der Waals surface area (Å²) in [4.78, 5) is 20.4. The molecule has 3 aromatic heterocycles. The Balaban J connectivity index is 1.46. The van der Waals surface area contributed by atoms with Crippen LogP contribution in [0.3, 0.4) is 0 Å². The lowest BCUT2D eigenvalue weighted by atomic mass is 10.0. The number of rotatable bonds is 5. The van der Waals surface area contributed by atoms with E-state index in [2.05, 4.69) is 30.2 Å². The Morgan fingerprint density at radius 1 is 1.17 bits per heavy atom. The number of thiazole rings is 1. The lowest BCUT2D eigenvalue weighted by molar-refractivity contribution is 0.313. The van der Waals surface area contributed by atoms with E-state index < -0.39 is 0 Å². The van der Waals surface area contributed by atoms with E-state index in [-0.39, 0.29) is 0 Å². The molecule has 4 rings (SSSR count). The molecule has 0 aromatic carbocycles. The first-order valence-electron chi connectivity index (χ1n) is 8.16. The molecule has 3 aromatic rings. The van der Waals surface area contributed by atoms with Gasteiger partial charge in [-0.25, -0.2) is 15.0 Å². The minimum absolute atomic E-state index is 0.611. The lowest BCUT2D eigenvalue weighted by Gasteiger charge is -2.15. The molecule has 0 amide bonds. The maximum Gasteiger partial charge on any atom is 0.160 e. The molecule has 0 N–H and O–H groups in total. The highest BCUT2D eigenvalue weighted by molar-refractivity contribution is 7.07. The molecule has 1 aliphatic heterocycles. The van der Waals surface area contributed by atoms with Crippen LogP contribution in [0, 0.1) is 5.92 Å². The molecule has 0 saturated carbocycles. The summed E-state index contributed by atoms with van der Waals surface area (Å²) in [6.07, 6.45) is 9.42. The van der Waals surface area contributed by atoms with Crippen molar-refractivity contribution in [2.45, 2.75) is 19.4 Å². The Labute approximate surface area is 145 Å². The van der Waals surface area contributed by atoms with Crippen molar-refractivity contribution in [1.29, 1.82) is 0 Å². The fourth-order valence-corrected chi connectivity index (χ4v) is 3.89. The Morgan fingerprint density at radius 3 is 2.88 bits per heavy atom. The van der Waals surface area contributed by atoms with Gasteiger partial charge < -0.3 is 4.57 Å². The van der Waals surface area contributed by atoms with Crippen LogP contribution < -0.4 is 0 Å². The summed E-state index contributed by atoms with van der Waals surface area (Å²) in [7, 11) is 1.99. The molecule has 124 valence electrons. The second-order valence-corrected chi connectivity index (χ2v) is 7.01. The van der Waals surface area contributed by atoms with Crippen LogP contribution in [-0.4, -0.2) is 42.5 Å². The first kappa shape index (κ1) is 15.4. The number of aryl methyl sites for hydroxylation is 1. The monoisotopic (exact) mass is 340 g/mol. The third kappa shape index (κ3) is 3.22. The SMILES string of the molecule is Cn1ccnc1-c1nccnc1C[C@H]1CCN(Cc2cscn2)C1. The second kappa shape index (κ2) is 6.78. The van der Waals surface area contributed by atoms with Crippen molar-refractivity contribution in [1.82, 2.24) is 29.4 Å². The predicted molar refractivity (Wildman–Crippen MR) is 93.4 cm³/mol. The van der Waals surface area contributed by atoms with Gasteiger partial charge in [-0.15, -0.1) is 11.3 Å². The lowest BCUT2D eigenvalue weighted by Crippen LogP contribution is -2.21. The Kier molecular flexibility index (Phi) is 4.36. The maximum atomic E-state index is 4.59. The van der Waals surface area contributed by atoms with Crippen molar-refractivity contribution < 1.29 is 0 Å². The van der Waals surface area contributed by atoms with E-state index in [9.17, 15) is 0 Å². The number of likely N-dealkylation sites (tertiary alicyclic amines) is 1. The van der Waals surface area contributed by atoms with Crippen LogP contribution in [0.4, 0.5) is 0 Å². The van der Waals surface area contributed by atoms with Gasteiger partial charge in [-0.3, -0.25) is 9.88 Å². The third-order valence-electron chi connectivity index (χ3n) is 4.53. The van der Waals surface area contributed by atoms with Crippen LogP contribution in [0.1, 0.15) is 17.8 Å². The van der Waals surface area contributed by atoms with Gasteiger partial charge >= 0.3 is 0 Å². The van der Waals surface area contributed by atoms with Crippen LogP contribution >= 0.6 is 11.3 Å². The maximum absolute atomic E-state index is 4.59. The summed E-state index contributed by atoms with van der Waals surface area (Å²) in [5.74, 6) is 1.50. The van der Waals surface area contributed by atoms with Gasteiger partial charge in [0.05, 0.1) is 16.9 Å². The van der Waals surface area contributed by atoms with Crippen LogP contribution in [0.5, 0.6) is 0 Å². The van der Waals surface area contributed by atoms with E-state index >= 15 is 0 Å². The van der Waals surface area contributed by atoms with E-state index in [4.69, 9.17) is 0 Å². The molecule has 24 heavy (non-hydrogen) atoms. The van der Waals surface area contributed by atoms with Gasteiger partial charge in [0.1, 0.15) is 5.69 Å². The van der Waals surface area contributed by atoms with Crippen molar-refractivity contribution in [2.75, 3.05) is 13.1 Å². The molecule has 6 nitrogen and oxygen atoms in total. The zero-order chi connectivity index (χ0) is 16.4. The molecule has 0 aliphatic carbocycles. The number of aromatic nitrogens is 5. The molecule has 0 spiro atoms. The van der Waals surface area contributed by atoms with E-state index in [1.54, 1.807) is 29.9 Å². The van der Waals surface area contributed by atoms with Gasteiger partial charge in [-0.05, 0) is 25.3 Å². The predicted octanol–water partition coefficient (Wildman–Crippen LogP) is 2.40. The zero-order valence-electron chi connectivity index (χ0n) is 13.7. The fraction of sp³-hybridized carbons (Fsp3) is 0.412. The van der Waals surface area contributed by atoms with Crippen LogP contribution in [0.15, 0.2) is 35.7 Å². The molecule has 0 radical (unpaired) electrons. The molecule has 1 atom stereocenters. The molecule has 1 aliphatic rings. The van der Waals surface area contributed by atoms with Crippen molar-refractivity contribution in [2.24, 2.45) is 13.0 Å². The Hall–Kier alpha value is -2.12. The topological polar surface area (TPSA) is 59.7 Å². The second-order valence-electron chi connectivity index (χ2n) is 6.29. The first-order valence-corrected chi connectivity index (χ1v) is 9.11. The highest BCUT2D eigenvalue weighted by Crippen LogP contribution is 2.25. The minimum Gasteiger partial charge on any atom is -0.333 e. The van der Waals surface area contributed by atoms with Gasteiger partial charge in [-0.1, -0.05) is 0 Å². The largest absolute Gasteiger partial charge is 0.333 e. The van der Waals surface area contributed by atoms with E-state index in [0.717, 1.165) is 43.3 Å². The summed E-state index contributed by atoms with van der Waals surface area (Å²) < 4.78 is 2.00. The number of imidazole rings is 1. The van der Waals surface area contributed by atoms with Crippen molar-refractivity contribution in [3.8, 4) is 11.5 Å².